The molecular formula is C20H24FN3O3. The lowest BCUT2D eigenvalue weighted by molar-refractivity contribution is 0.340. The molecule has 27 heavy (non-hydrogen) atoms. The van der Waals surface area contributed by atoms with Crippen molar-refractivity contribution < 1.29 is 14.2 Å². The molecule has 3 aliphatic rings. The maximum Gasteiger partial charge on any atom is 0.231 e. The van der Waals surface area contributed by atoms with E-state index in [-0.39, 0.29) is 17.2 Å². The zero-order chi connectivity index (χ0) is 18.7. The molecule has 2 aliphatic heterocycles. The minimum absolute atomic E-state index is 0.176. The Morgan fingerprint density at radius 1 is 1.30 bits per heavy atom. The third kappa shape index (κ3) is 2.59. The molecule has 1 aliphatic carbocycles. The summed E-state index contributed by atoms with van der Waals surface area (Å²) in [6, 6.07) is 1.85. The van der Waals surface area contributed by atoms with E-state index in [0.717, 1.165) is 45.3 Å². The molecule has 7 heteroatoms. The van der Waals surface area contributed by atoms with Gasteiger partial charge in [-0.25, -0.2) is 4.39 Å². The number of hydrogen-bond donors (Lipinski definition) is 2. The number of methoxy groups -OCH3 is 1. The third-order valence-electron chi connectivity index (χ3n) is 6.24. The molecule has 3 fully saturated rings. The van der Waals surface area contributed by atoms with Gasteiger partial charge < -0.3 is 24.6 Å². The van der Waals surface area contributed by atoms with Crippen molar-refractivity contribution in [2.45, 2.75) is 37.8 Å². The Hall–Kier alpha value is -2.28. The maximum atomic E-state index is 15.2. The third-order valence-corrected chi connectivity index (χ3v) is 6.24. The molecule has 6 nitrogen and oxygen atoms in total. The van der Waals surface area contributed by atoms with Gasteiger partial charge in [0.15, 0.2) is 17.3 Å². The lowest BCUT2D eigenvalue weighted by Crippen LogP contribution is -2.40. The number of nitrogens with one attached hydrogen (secondary N) is 1. The van der Waals surface area contributed by atoms with E-state index >= 15 is 4.39 Å². The van der Waals surface area contributed by atoms with Gasteiger partial charge in [0, 0.05) is 25.2 Å². The van der Waals surface area contributed by atoms with Crippen molar-refractivity contribution >= 4 is 16.6 Å². The van der Waals surface area contributed by atoms with Crippen molar-refractivity contribution in [1.29, 1.82) is 0 Å². The minimum Gasteiger partial charge on any atom is -0.503 e. The highest BCUT2D eigenvalue weighted by molar-refractivity contribution is 5.92. The van der Waals surface area contributed by atoms with Crippen LogP contribution >= 0.6 is 0 Å². The van der Waals surface area contributed by atoms with Crippen molar-refractivity contribution in [2.24, 2.45) is 5.92 Å². The average Bonchev–Trinajstić information content (AvgIpc) is 3.42. The second-order valence-corrected chi connectivity index (χ2v) is 7.99. The molecule has 5 rings (SSSR count). The summed E-state index contributed by atoms with van der Waals surface area (Å²) in [6.07, 6.45) is 5.72. The molecule has 2 atom stereocenters. The van der Waals surface area contributed by atoms with E-state index in [4.69, 9.17) is 4.74 Å². The van der Waals surface area contributed by atoms with Crippen LogP contribution in [-0.4, -0.2) is 42.5 Å². The number of nitrogens with zero attached hydrogens (tertiary/aromatic N) is 2. The van der Waals surface area contributed by atoms with Crippen LogP contribution in [0.1, 0.15) is 31.7 Å². The summed E-state index contributed by atoms with van der Waals surface area (Å²) >= 11 is 0. The van der Waals surface area contributed by atoms with E-state index in [2.05, 4.69) is 10.2 Å². The second-order valence-electron chi connectivity index (χ2n) is 7.99. The molecule has 0 amide bonds. The van der Waals surface area contributed by atoms with Gasteiger partial charge in [-0.3, -0.25) is 4.79 Å². The highest BCUT2D eigenvalue weighted by atomic mass is 19.1. The second kappa shape index (κ2) is 6.12. The molecule has 0 spiro atoms. The van der Waals surface area contributed by atoms with Crippen LogP contribution in [0.4, 0.5) is 10.1 Å². The Morgan fingerprint density at radius 2 is 2.11 bits per heavy atom. The Kier molecular flexibility index (Phi) is 3.82. The van der Waals surface area contributed by atoms with Crippen LogP contribution in [-0.2, 0) is 0 Å². The van der Waals surface area contributed by atoms with Gasteiger partial charge in [0.1, 0.15) is 5.69 Å². The molecular weight excluding hydrogens is 349 g/mol. The summed E-state index contributed by atoms with van der Waals surface area (Å²) in [7, 11) is 1.52. The van der Waals surface area contributed by atoms with E-state index in [1.807, 2.05) is 4.57 Å². The number of rotatable bonds is 3. The van der Waals surface area contributed by atoms with E-state index in [0.29, 0.717) is 28.9 Å². The van der Waals surface area contributed by atoms with E-state index in [1.165, 1.54) is 19.4 Å². The fourth-order valence-corrected chi connectivity index (χ4v) is 4.79. The van der Waals surface area contributed by atoms with Crippen molar-refractivity contribution in [2.75, 3.05) is 31.6 Å². The SMILES string of the molecule is COc1c(N2C[C@@H]3CCCN[C@@H]3C2)c(F)cc2c(=O)c(O)cn(C3CC3)c12. The first-order valence-corrected chi connectivity index (χ1v) is 9.71. The van der Waals surface area contributed by atoms with Crippen LogP contribution in [0.2, 0.25) is 0 Å². The zero-order valence-electron chi connectivity index (χ0n) is 15.4. The molecule has 2 saturated heterocycles. The number of pyridine rings is 1. The molecule has 2 N–H and O–H groups in total. The van der Waals surface area contributed by atoms with Crippen molar-refractivity contribution in [3.63, 3.8) is 0 Å². The number of ether oxygens (including phenoxy) is 1. The highest BCUT2D eigenvalue weighted by Crippen LogP contribution is 2.45. The monoisotopic (exact) mass is 373 g/mol. The summed E-state index contributed by atoms with van der Waals surface area (Å²) in [5.41, 5.74) is 0.463. The van der Waals surface area contributed by atoms with Crippen molar-refractivity contribution in [3.8, 4) is 11.5 Å². The number of anilines is 1. The Morgan fingerprint density at radius 3 is 2.81 bits per heavy atom. The van der Waals surface area contributed by atoms with Crippen LogP contribution < -0.4 is 20.4 Å². The first kappa shape index (κ1) is 16.9. The Bertz CT molecular complexity index is 955. The fraction of sp³-hybridized carbons (Fsp3) is 0.550. The van der Waals surface area contributed by atoms with Gasteiger partial charge in [-0.05, 0) is 44.2 Å². The molecule has 0 unspecified atom stereocenters. The molecule has 144 valence electrons. The molecule has 2 aromatic rings. The van der Waals surface area contributed by atoms with Crippen LogP contribution in [0, 0.1) is 11.7 Å². The summed E-state index contributed by atoms with van der Waals surface area (Å²) in [6.45, 7) is 2.52. The molecule has 1 aromatic heterocycles. The average molecular weight is 373 g/mol. The van der Waals surface area contributed by atoms with Crippen LogP contribution in [0.15, 0.2) is 17.1 Å². The zero-order valence-corrected chi connectivity index (χ0v) is 15.4. The van der Waals surface area contributed by atoms with Gasteiger partial charge in [0.05, 0.1) is 24.2 Å². The van der Waals surface area contributed by atoms with Crippen molar-refractivity contribution in [1.82, 2.24) is 9.88 Å². The fourth-order valence-electron chi connectivity index (χ4n) is 4.79. The lowest BCUT2D eigenvalue weighted by atomic mass is 9.94. The first-order valence-electron chi connectivity index (χ1n) is 9.71. The number of aromatic hydroxyl groups is 1. The number of aromatic nitrogens is 1. The predicted molar refractivity (Wildman–Crippen MR) is 101 cm³/mol. The number of halogens is 1. The standard InChI is InChI=1S/C20H24FN3O3/c1-27-20-17-13(19(26)16(25)10-24(17)12-4-5-12)7-14(21)18(20)23-8-11-3-2-6-22-15(11)9-23/h7,10-12,15,22,25H,2-6,8-9H2,1H3/t11-,15+/m0/s1. The summed E-state index contributed by atoms with van der Waals surface area (Å²) in [5.74, 6) is 0.0830. The number of benzene rings is 1. The predicted octanol–water partition coefficient (Wildman–Crippen LogP) is 2.38. The molecule has 0 radical (unpaired) electrons. The minimum atomic E-state index is -0.553. The molecule has 1 aromatic carbocycles. The normalized spacial score (nSPS) is 25.0. The van der Waals surface area contributed by atoms with Gasteiger partial charge in [-0.15, -0.1) is 0 Å². The van der Waals surface area contributed by atoms with Crippen molar-refractivity contribution in [3.05, 3.63) is 28.3 Å². The van der Waals surface area contributed by atoms with Gasteiger partial charge in [0.2, 0.25) is 5.43 Å². The number of fused-ring (bicyclic) bond motifs is 2. The Balaban J connectivity index is 1.71. The van der Waals surface area contributed by atoms with Gasteiger partial charge in [0.25, 0.3) is 0 Å². The summed E-state index contributed by atoms with van der Waals surface area (Å²) in [4.78, 5) is 14.5. The smallest absolute Gasteiger partial charge is 0.231 e. The molecule has 0 bridgehead atoms. The van der Waals surface area contributed by atoms with Crippen LogP contribution in [0.25, 0.3) is 10.9 Å². The van der Waals surface area contributed by atoms with E-state index in [9.17, 15) is 9.90 Å². The molecule has 3 heterocycles. The van der Waals surface area contributed by atoms with Gasteiger partial charge >= 0.3 is 0 Å². The van der Waals surface area contributed by atoms with E-state index < -0.39 is 11.2 Å². The number of hydrogen-bond acceptors (Lipinski definition) is 5. The van der Waals surface area contributed by atoms with Crippen LogP contribution in [0.3, 0.4) is 0 Å². The summed E-state index contributed by atoms with van der Waals surface area (Å²) in [5, 5.41) is 13.7. The molecule has 1 saturated carbocycles. The maximum absolute atomic E-state index is 15.2. The largest absolute Gasteiger partial charge is 0.503 e. The van der Waals surface area contributed by atoms with Crippen LogP contribution in [0.5, 0.6) is 11.5 Å². The Labute approximate surface area is 156 Å². The first-order chi connectivity index (χ1) is 13.1. The topological polar surface area (TPSA) is 66.7 Å². The number of piperidine rings is 1. The quantitative estimate of drug-likeness (QED) is 0.865. The van der Waals surface area contributed by atoms with E-state index in [1.54, 1.807) is 0 Å². The lowest BCUT2D eigenvalue weighted by Gasteiger charge is -2.24. The highest BCUT2D eigenvalue weighted by Gasteiger charge is 2.38. The van der Waals surface area contributed by atoms with Gasteiger partial charge in [-0.1, -0.05) is 0 Å². The van der Waals surface area contributed by atoms with Gasteiger partial charge in [-0.2, -0.15) is 0 Å². The summed E-state index contributed by atoms with van der Waals surface area (Å²) < 4.78 is 22.7.